The first-order valence-corrected chi connectivity index (χ1v) is 11.7. The van der Waals surface area contributed by atoms with Gasteiger partial charge in [-0.05, 0) is 42.9 Å². The van der Waals surface area contributed by atoms with Gasteiger partial charge in [0.15, 0.2) is 5.78 Å². The van der Waals surface area contributed by atoms with Crippen molar-refractivity contribution in [2.75, 3.05) is 13.1 Å². The number of rotatable bonds is 4. The van der Waals surface area contributed by atoms with Crippen molar-refractivity contribution in [2.24, 2.45) is 0 Å². The van der Waals surface area contributed by atoms with Crippen molar-refractivity contribution >= 4 is 34.3 Å². The van der Waals surface area contributed by atoms with Crippen LogP contribution in [0.5, 0.6) is 0 Å². The Bertz CT molecular complexity index is 1440. The third-order valence-corrected chi connectivity index (χ3v) is 7.13. The summed E-state index contributed by atoms with van der Waals surface area (Å²) in [5, 5.41) is 4.71. The maximum Gasteiger partial charge on any atom is 0.340 e. The molecule has 0 saturated carbocycles. The lowest BCUT2D eigenvalue weighted by molar-refractivity contribution is -0.0242. The van der Waals surface area contributed by atoms with Gasteiger partial charge in [-0.15, -0.1) is 0 Å². The van der Waals surface area contributed by atoms with Crippen LogP contribution in [0.3, 0.4) is 0 Å². The van der Waals surface area contributed by atoms with Gasteiger partial charge in [-0.2, -0.15) is 0 Å². The molecule has 4 aromatic rings. The lowest BCUT2D eigenvalue weighted by atomic mass is 9.82. The summed E-state index contributed by atoms with van der Waals surface area (Å²) in [6.45, 7) is 2.11. The maximum absolute atomic E-state index is 13.9. The maximum atomic E-state index is 13.9. The molecular weight excluding hydrogens is 450 g/mol. The number of piperidine rings is 1. The van der Waals surface area contributed by atoms with Crippen molar-refractivity contribution in [3.8, 4) is 0 Å². The molecule has 0 amide bonds. The van der Waals surface area contributed by atoms with Gasteiger partial charge in [-0.1, -0.05) is 35.9 Å². The van der Waals surface area contributed by atoms with E-state index in [4.69, 9.17) is 16.3 Å². The summed E-state index contributed by atoms with van der Waals surface area (Å²) in [4.78, 5) is 31.0. The second-order valence-corrected chi connectivity index (χ2v) is 9.32. The number of esters is 1. The summed E-state index contributed by atoms with van der Waals surface area (Å²) in [6, 6.07) is 14.9. The fourth-order valence-electron chi connectivity index (χ4n) is 5.23. The van der Waals surface area contributed by atoms with Crippen LogP contribution in [0.4, 0.5) is 0 Å². The van der Waals surface area contributed by atoms with Gasteiger partial charge < -0.3 is 14.6 Å². The Balaban J connectivity index is 1.47. The highest BCUT2D eigenvalue weighted by Crippen LogP contribution is 2.44. The van der Waals surface area contributed by atoms with Crippen LogP contribution in [0.2, 0.25) is 5.02 Å². The first kappa shape index (κ1) is 21.1. The van der Waals surface area contributed by atoms with Crippen LogP contribution in [-0.4, -0.2) is 34.4 Å². The van der Waals surface area contributed by atoms with Crippen molar-refractivity contribution in [3.63, 3.8) is 0 Å². The molecule has 6 nitrogen and oxygen atoms in total. The van der Waals surface area contributed by atoms with Crippen LogP contribution in [0.15, 0.2) is 67.1 Å². The van der Waals surface area contributed by atoms with Crippen molar-refractivity contribution in [1.29, 1.82) is 0 Å². The highest BCUT2D eigenvalue weighted by molar-refractivity contribution is 6.31. The molecule has 1 N–H and O–H groups in total. The Labute approximate surface area is 201 Å². The van der Waals surface area contributed by atoms with E-state index in [0.29, 0.717) is 41.1 Å². The molecule has 1 spiro atoms. The van der Waals surface area contributed by atoms with Gasteiger partial charge in [-0.3, -0.25) is 9.78 Å². The van der Waals surface area contributed by atoms with E-state index in [1.54, 1.807) is 24.5 Å². The Hall–Kier alpha value is -3.48. The monoisotopic (exact) mass is 471 g/mol. The average Bonchev–Trinajstić information content (AvgIpc) is 3.34. The molecule has 2 aliphatic rings. The van der Waals surface area contributed by atoms with Crippen LogP contribution >= 0.6 is 11.6 Å². The topological polar surface area (TPSA) is 73.2 Å². The van der Waals surface area contributed by atoms with Crippen LogP contribution in [-0.2, 0) is 16.9 Å². The number of nitrogens with one attached hydrogen (secondary N) is 1. The molecule has 6 rings (SSSR count). The van der Waals surface area contributed by atoms with E-state index in [0.717, 1.165) is 35.1 Å². The van der Waals surface area contributed by atoms with Gasteiger partial charge in [0, 0.05) is 65.1 Å². The summed E-state index contributed by atoms with van der Waals surface area (Å²) in [7, 11) is 0. The number of hydrogen-bond donors (Lipinski definition) is 1. The van der Waals surface area contributed by atoms with Crippen molar-refractivity contribution < 1.29 is 14.3 Å². The van der Waals surface area contributed by atoms with Gasteiger partial charge in [-0.25, -0.2) is 4.79 Å². The molecule has 0 radical (unpaired) electrons. The number of ketones is 1. The number of ether oxygens (including phenoxy) is 1. The van der Waals surface area contributed by atoms with E-state index in [9.17, 15) is 9.59 Å². The molecule has 0 aliphatic carbocycles. The Morgan fingerprint density at radius 2 is 1.88 bits per heavy atom. The number of carbonyl (C=O) groups is 2. The van der Waals surface area contributed by atoms with Gasteiger partial charge in [0.2, 0.25) is 0 Å². The number of hydrogen-bond acceptors (Lipinski definition) is 5. The van der Waals surface area contributed by atoms with Crippen molar-refractivity contribution in [2.45, 2.75) is 25.0 Å². The van der Waals surface area contributed by atoms with E-state index < -0.39 is 11.6 Å². The quantitative estimate of drug-likeness (QED) is 0.344. The van der Waals surface area contributed by atoms with E-state index in [1.807, 2.05) is 47.2 Å². The molecule has 34 heavy (non-hydrogen) atoms. The molecule has 2 aromatic heterocycles. The van der Waals surface area contributed by atoms with Crippen LogP contribution < -0.4 is 5.32 Å². The third-order valence-electron chi connectivity index (χ3n) is 6.89. The molecule has 1 saturated heterocycles. The molecule has 7 heteroatoms. The molecule has 0 bridgehead atoms. The van der Waals surface area contributed by atoms with E-state index in [2.05, 4.69) is 10.3 Å². The van der Waals surface area contributed by atoms with Gasteiger partial charge >= 0.3 is 5.97 Å². The number of pyridine rings is 1. The molecule has 2 aromatic carbocycles. The zero-order valence-electron chi connectivity index (χ0n) is 18.4. The molecule has 170 valence electrons. The van der Waals surface area contributed by atoms with Gasteiger partial charge in [0.25, 0.3) is 0 Å². The number of nitrogens with zero attached hydrogens (tertiary/aromatic N) is 2. The number of benzene rings is 2. The second-order valence-electron chi connectivity index (χ2n) is 8.88. The molecule has 4 heterocycles. The zero-order chi connectivity index (χ0) is 23.3. The van der Waals surface area contributed by atoms with Gasteiger partial charge in [0.05, 0.1) is 11.1 Å². The lowest BCUT2D eigenvalue weighted by Crippen LogP contribution is -2.39. The first-order chi connectivity index (χ1) is 16.6. The highest BCUT2D eigenvalue weighted by Gasteiger charge is 2.47. The van der Waals surface area contributed by atoms with Crippen LogP contribution in [0, 0.1) is 0 Å². The highest BCUT2D eigenvalue weighted by atomic mass is 35.5. The number of carbonyl (C=O) groups excluding carboxylic acids is 2. The predicted octanol–water partition coefficient (Wildman–Crippen LogP) is 4.72. The SMILES string of the molecule is O=C1OC2(CCNCC2)c2cccc(C(=O)c3cn(Cc4ccncc4)c4cc(Cl)ccc34)c21. The fourth-order valence-corrected chi connectivity index (χ4v) is 5.40. The number of fused-ring (bicyclic) bond motifs is 3. The van der Waals surface area contributed by atoms with E-state index in [-0.39, 0.29) is 5.78 Å². The van der Waals surface area contributed by atoms with Crippen LogP contribution in [0.25, 0.3) is 10.9 Å². The van der Waals surface area contributed by atoms with Crippen molar-refractivity contribution in [3.05, 3.63) is 100.0 Å². The van der Waals surface area contributed by atoms with E-state index >= 15 is 0 Å². The summed E-state index contributed by atoms with van der Waals surface area (Å²) in [5.74, 6) is -0.606. The predicted molar refractivity (Wildman–Crippen MR) is 129 cm³/mol. The molecular formula is C27H22ClN3O3. The summed E-state index contributed by atoms with van der Waals surface area (Å²) in [5.41, 5.74) is 3.42. The summed E-state index contributed by atoms with van der Waals surface area (Å²) in [6.07, 6.45) is 6.75. The smallest absolute Gasteiger partial charge is 0.340 e. The molecule has 1 fully saturated rings. The lowest BCUT2D eigenvalue weighted by Gasteiger charge is -2.33. The largest absolute Gasteiger partial charge is 0.450 e. The molecule has 0 unspecified atom stereocenters. The average molecular weight is 472 g/mol. The minimum atomic E-state index is -0.642. The standard InChI is InChI=1S/C27H22ClN3O3/c28-18-4-5-19-21(16-31(23(19)14-18)15-17-6-10-29-11-7-17)25(32)20-2-1-3-22-24(20)26(33)34-27(22)8-12-30-13-9-27/h1-7,10-11,14,16,30H,8-9,12-13,15H2. The van der Waals surface area contributed by atoms with Crippen molar-refractivity contribution in [1.82, 2.24) is 14.9 Å². The Kier molecular flexibility index (Phi) is 5.01. The zero-order valence-corrected chi connectivity index (χ0v) is 19.1. The fraction of sp³-hybridized carbons (Fsp3) is 0.222. The summed E-state index contributed by atoms with van der Waals surface area (Å²) < 4.78 is 7.93. The number of halogens is 1. The van der Waals surface area contributed by atoms with Crippen LogP contribution in [0.1, 0.15) is 50.2 Å². The normalized spacial score (nSPS) is 16.6. The minimum Gasteiger partial charge on any atom is -0.450 e. The first-order valence-electron chi connectivity index (χ1n) is 11.4. The summed E-state index contributed by atoms with van der Waals surface area (Å²) >= 11 is 6.30. The molecule has 2 aliphatic heterocycles. The Morgan fingerprint density at radius 3 is 2.68 bits per heavy atom. The number of aromatic nitrogens is 2. The molecule has 0 atom stereocenters. The Morgan fingerprint density at radius 1 is 1.09 bits per heavy atom. The minimum absolute atomic E-state index is 0.194. The third kappa shape index (κ3) is 3.33. The second kappa shape index (κ2) is 8.08. The van der Waals surface area contributed by atoms with Gasteiger partial charge in [0.1, 0.15) is 5.60 Å². The van der Waals surface area contributed by atoms with E-state index in [1.165, 1.54) is 0 Å².